The molecule has 0 aliphatic heterocycles. The van der Waals surface area contributed by atoms with Crippen LogP contribution in [0.5, 0.6) is 0 Å². The van der Waals surface area contributed by atoms with Crippen molar-refractivity contribution >= 4 is 5.91 Å². The minimum atomic E-state index is 0.0284. The minimum absolute atomic E-state index is 0.0284. The molecule has 3 aromatic rings. The first-order chi connectivity index (χ1) is 12.7. The molecule has 1 aromatic heterocycles. The lowest BCUT2D eigenvalue weighted by atomic mass is 10.0. The Morgan fingerprint density at radius 1 is 1.04 bits per heavy atom. The molecule has 0 saturated heterocycles. The third-order valence-corrected chi connectivity index (χ3v) is 4.51. The van der Waals surface area contributed by atoms with Crippen LogP contribution in [-0.4, -0.2) is 11.1 Å². The molecule has 1 heterocycles. The molecule has 26 heavy (non-hydrogen) atoms. The maximum atomic E-state index is 12.2. The predicted octanol–water partition coefficient (Wildman–Crippen LogP) is 4.46. The Morgan fingerprint density at radius 3 is 2.42 bits per heavy atom. The summed E-state index contributed by atoms with van der Waals surface area (Å²) in [5.74, 6) is 0.0284. The Labute approximate surface area is 154 Å². The van der Waals surface area contributed by atoms with Gasteiger partial charge in [0.15, 0.2) is 0 Å². The van der Waals surface area contributed by atoms with Gasteiger partial charge in [-0.15, -0.1) is 0 Å². The van der Waals surface area contributed by atoms with Crippen molar-refractivity contribution in [3.63, 3.8) is 0 Å². The summed E-state index contributed by atoms with van der Waals surface area (Å²) in [6.07, 6.45) is 3.67. The molecular weight excluding hydrogens is 324 g/mol. The van der Waals surface area contributed by atoms with Crippen LogP contribution in [0.4, 0.5) is 0 Å². The average Bonchev–Trinajstić information content (AvgIpc) is 3.14. The van der Waals surface area contributed by atoms with Crippen molar-refractivity contribution in [3.05, 3.63) is 77.0 Å². The van der Waals surface area contributed by atoms with Crippen molar-refractivity contribution in [3.8, 4) is 11.3 Å². The van der Waals surface area contributed by atoms with Crippen LogP contribution in [0, 0.1) is 6.92 Å². The lowest BCUT2D eigenvalue weighted by molar-refractivity contribution is -0.121. The van der Waals surface area contributed by atoms with E-state index in [9.17, 15) is 4.79 Å². The van der Waals surface area contributed by atoms with Gasteiger partial charge in [-0.1, -0.05) is 66.2 Å². The summed E-state index contributed by atoms with van der Waals surface area (Å²) in [6.45, 7) is 4.73. The third-order valence-electron chi connectivity index (χ3n) is 4.51. The van der Waals surface area contributed by atoms with Gasteiger partial charge in [0.2, 0.25) is 5.91 Å². The van der Waals surface area contributed by atoms with Crippen LogP contribution < -0.4 is 5.32 Å². The molecule has 0 bridgehead atoms. The predicted molar refractivity (Wildman–Crippen MR) is 103 cm³/mol. The van der Waals surface area contributed by atoms with Crippen molar-refractivity contribution in [2.75, 3.05) is 0 Å². The van der Waals surface area contributed by atoms with E-state index < -0.39 is 0 Å². The second-order valence-corrected chi connectivity index (χ2v) is 6.50. The van der Waals surface area contributed by atoms with E-state index in [4.69, 9.17) is 4.52 Å². The van der Waals surface area contributed by atoms with E-state index in [0.29, 0.717) is 19.4 Å². The number of hydrogen-bond acceptors (Lipinski definition) is 3. The van der Waals surface area contributed by atoms with Crippen molar-refractivity contribution in [2.24, 2.45) is 0 Å². The molecule has 2 aromatic carbocycles. The topological polar surface area (TPSA) is 55.1 Å². The van der Waals surface area contributed by atoms with Crippen LogP contribution >= 0.6 is 0 Å². The maximum absolute atomic E-state index is 12.2. The molecule has 0 saturated carbocycles. The summed E-state index contributed by atoms with van der Waals surface area (Å²) in [5.41, 5.74) is 6.39. The van der Waals surface area contributed by atoms with E-state index in [1.54, 1.807) is 6.26 Å². The molecule has 4 heteroatoms. The van der Waals surface area contributed by atoms with Gasteiger partial charge in [-0.05, 0) is 30.9 Å². The monoisotopic (exact) mass is 348 g/mol. The molecular formula is C22H24N2O2. The van der Waals surface area contributed by atoms with E-state index in [1.807, 2.05) is 31.2 Å². The number of nitrogens with one attached hydrogen (secondary N) is 1. The fraction of sp³-hybridized carbons (Fsp3) is 0.273. The standard InChI is InChI=1S/C22H24N2O2/c1-3-17-6-8-18(9-7-17)14-23-21(25)13-12-20-15-26-24-22(20)19-10-4-16(2)5-11-19/h4-11,15H,3,12-14H2,1-2H3,(H,23,25). The highest BCUT2D eigenvalue weighted by molar-refractivity contribution is 5.76. The highest BCUT2D eigenvalue weighted by Crippen LogP contribution is 2.23. The van der Waals surface area contributed by atoms with Crippen LogP contribution in [0.25, 0.3) is 11.3 Å². The number of benzene rings is 2. The Bertz CT molecular complexity index is 849. The van der Waals surface area contributed by atoms with Crippen LogP contribution in [-0.2, 0) is 24.2 Å². The first kappa shape index (κ1) is 17.9. The molecule has 0 radical (unpaired) electrons. The number of carbonyl (C=O) groups is 1. The van der Waals surface area contributed by atoms with Gasteiger partial charge in [0.05, 0.1) is 0 Å². The van der Waals surface area contributed by atoms with Gasteiger partial charge in [0.25, 0.3) is 0 Å². The van der Waals surface area contributed by atoms with Gasteiger partial charge < -0.3 is 9.84 Å². The normalized spacial score (nSPS) is 10.7. The number of nitrogens with zero attached hydrogens (tertiary/aromatic N) is 1. The lowest BCUT2D eigenvalue weighted by Gasteiger charge is -2.06. The molecule has 0 fully saturated rings. The second-order valence-electron chi connectivity index (χ2n) is 6.50. The summed E-state index contributed by atoms with van der Waals surface area (Å²) in [6, 6.07) is 16.5. The molecule has 0 aliphatic carbocycles. The van der Waals surface area contributed by atoms with Crippen LogP contribution in [0.3, 0.4) is 0 Å². The molecule has 3 rings (SSSR count). The number of amides is 1. The Hall–Kier alpha value is -2.88. The Kier molecular flexibility index (Phi) is 5.84. The molecule has 1 N–H and O–H groups in total. The highest BCUT2D eigenvalue weighted by atomic mass is 16.5. The molecule has 1 amide bonds. The molecule has 134 valence electrons. The molecule has 0 spiro atoms. The van der Waals surface area contributed by atoms with Gasteiger partial charge in [-0.2, -0.15) is 0 Å². The Morgan fingerprint density at radius 2 is 1.73 bits per heavy atom. The van der Waals surface area contributed by atoms with E-state index >= 15 is 0 Å². The van der Waals surface area contributed by atoms with Gasteiger partial charge in [0, 0.05) is 24.1 Å². The first-order valence-corrected chi connectivity index (χ1v) is 9.00. The van der Waals surface area contributed by atoms with Crippen molar-refractivity contribution in [1.82, 2.24) is 10.5 Å². The van der Waals surface area contributed by atoms with Crippen LogP contribution in [0.15, 0.2) is 59.3 Å². The maximum Gasteiger partial charge on any atom is 0.220 e. The minimum Gasteiger partial charge on any atom is -0.364 e. The smallest absolute Gasteiger partial charge is 0.220 e. The summed E-state index contributed by atoms with van der Waals surface area (Å²) in [4.78, 5) is 12.2. The zero-order valence-electron chi connectivity index (χ0n) is 15.3. The SMILES string of the molecule is CCc1ccc(CNC(=O)CCc2conc2-c2ccc(C)cc2)cc1. The van der Waals surface area contributed by atoms with Crippen LogP contribution in [0.1, 0.15) is 35.6 Å². The molecule has 0 atom stereocenters. The first-order valence-electron chi connectivity index (χ1n) is 9.00. The fourth-order valence-corrected chi connectivity index (χ4v) is 2.81. The highest BCUT2D eigenvalue weighted by Gasteiger charge is 2.12. The molecule has 0 aliphatic rings. The summed E-state index contributed by atoms with van der Waals surface area (Å²) < 4.78 is 5.13. The summed E-state index contributed by atoms with van der Waals surface area (Å²) >= 11 is 0. The van der Waals surface area contributed by atoms with Crippen molar-refractivity contribution < 1.29 is 9.32 Å². The summed E-state index contributed by atoms with van der Waals surface area (Å²) in [7, 11) is 0. The van der Waals surface area contributed by atoms with E-state index in [2.05, 4.69) is 41.7 Å². The third kappa shape index (κ3) is 4.60. The van der Waals surface area contributed by atoms with Gasteiger partial charge in [0.1, 0.15) is 12.0 Å². The zero-order chi connectivity index (χ0) is 18.4. The Balaban J connectivity index is 1.53. The van der Waals surface area contributed by atoms with Gasteiger partial charge in [-0.25, -0.2) is 0 Å². The summed E-state index contributed by atoms with van der Waals surface area (Å²) in [5, 5.41) is 7.07. The van der Waals surface area contributed by atoms with Crippen molar-refractivity contribution in [1.29, 1.82) is 0 Å². The number of aromatic nitrogens is 1. The fourth-order valence-electron chi connectivity index (χ4n) is 2.81. The zero-order valence-corrected chi connectivity index (χ0v) is 15.3. The largest absolute Gasteiger partial charge is 0.364 e. The molecule has 4 nitrogen and oxygen atoms in total. The molecule has 0 unspecified atom stereocenters. The quantitative estimate of drug-likeness (QED) is 0.686. The van der Waals surface area contributed by atoms with E-state index in [-0.39, 0.29) is 5.91 Å². The second kappa shape index (κ2) is 8.48. The van der Waals surface area contributed by atoms with Crippen molar-refractivity contribution in [2.45, 2.75) is 39.7 Å². The number of aryl methyl sites for hydroxylation is 3. The number of rotatable bonds is 7. The van der Waals surface area contributed by atoms with Gasteiger partial charge >= 0.3 is 0 Å². The van der Waals surface area contributed by atoms with Crippen LogP contribution in [0.2, 0.25) is 0 Å². The van der Waals surface area contributed by atoms with E-state index in [1.165, 1.54) is 11.1 Å². The number of hydrogen-bond donors (Lipinski definition) is 1. The number of carbonyl (C=O) groups excluding carboxylic acids is 1. The lowest BCUT2D eigenvalue weighted by Crippen LogP contribution is -2.23. The van der Waals surface area contributed by atoms with Gasteiger partial charge in [-0.3, -0.25) is 4.79 Å². The average molecular weight is 348 g/mol. The van der Waals surface area contributed by atoms with E-state index in [0.717, 1.165) is 28.8 Å².